The number of Topliss-reactive ketones (excluding diaryl/α,β-unsaturated/α-hetero) is 2. The molecule has 11 rings (SSSR count). The van der Waals surface area contributed by atoms with Crippen LogP contribution in [0.5, 0.6) is 11.5 Å². The fourth-order valence-electron chi connectivity index (χ4n) is 9.01. The molecule has 0 bridgehead atoms. The first-order chi connectivity index (χ1) is 28.9. The zero-order valence-corrected chi connectivity index (χ0v) is 32.3. The Hall–Kier alpha value is -7.35. The van der Waals surface area contributed by atoms with E-state index in [0.717, 1.165) is 70.0 Å². The van der Waals surface area contributed by atoms with Gasteiger partial charge in [-0.25, -0.2) is 8.42 Å². The van der Waals surface area contributed by atoms with E-state index in [1.54, 1.807) is 30.3 Å². The van der Waals surface area contributed by atoms with Gasteiger partial charge in [0, 0.05) is 11.1 Å². The van der Waals surface area contributed by atoms with Gasteiger partial charge in [-0.15, -0.1) is 0 Å². The molecule has 0 aliphatic heterocycles. The molecule has 59 heavy (non-hydrogen) atoms. The second-order valence-corrected chi connectivity index (χ2v) is 16.8. The van der Waals surface area contributed by atoms with Gasteiger partial charge in [0.15, 0.2) is 13.2 Å². The predicted octanol–water partition coefficient (Wildman–Crippen LogP) is 12.0. The standard InChI is InChI=1S/C52H32O6S/c53-43(35-25-23-34-22-21-32-9-5-10-33-24-26-41(35)51(34)49(32)33)29-57-45-17-1-3-19-47(45)59(55,56)48-20-4-2-18-46(48)58-30-44(54)36-27-28-42-39-14-7-12-31-11-6-13-38(50(31)39)40-16-8-15-37(36)52(40)42/h1-28H,29-30H2. The minimum absolute atomic E-state index is 0.0312. The fourth-order valence-corrected chi connectivity index (χ4v) is 10.5. The van der Waals surface area contributed by atoms with Crippen LogP contribution in [0.1, 0.15) is 20.7 Å². The van der Waals surface area contributed by atoms with Gasteiger partial charge < -0.3 is 9.47 Å². The number of carbonyl (C=O) groups is 2. The van der Waals surface area contributed by atoms with Crippen LogP contribution in [0.15, 0.2) is 180 Å². The third kappa shape index (κ3) is 5.43. The second-order valence-electron chi connectivity index (χ2n) is 14.9. The van der Waals surface area contributed by atoms with Crippen molar-refractivity contribution in [3.63, 3.8) is 0 Å². The van der Waals surface area contributed by atoms with Crippen LogP contribution in [-0.4, -0.2) is 33.2 Å². The zero-order valence-electron chi connectivity index (χ0n) is 31.4. The van der Waals surface area contributed by atoms with Crippen LogP contribution in [0.2, 0.25) is 0 Å². The fraction of sp³-hybridized carbons (Fsp3) is 0.0385. The molecule has 0 aliphatic rings. The van der Waals surface area contributed by atoms with Gasteiger partial charge >= 0.3 is 0 Å². The molecule has 282 valence electrons. The molecule has 11 aromatic rings. The Morgan fingerprint density at radius 1 is 0.356 bits per heavy atom. The highest BCUT2D eigenvalue weighted by atomic mass is 32.2. The molecule has 0 atom stereocenters. The number of ketones is 2. The molecule has 0 saturated carbocycles. The van der Waals surface area contributed by atoms with E-state index >= 15 is 0 Å². The van der Waals surface area contributed by atoms with Gasteiger partial charge in [-0.05, 0) is 99.7 Å². The summed E-state index contributed by atoms with van der Waals surface area (Å²) in [6.45, 7) is -0.762. The van der Waals surface area contributed by atoms with Gasteiger partial charge in [-0.2, -0.15) is 0 Å². The molecule has 0 unspecified atom stereocenters. The normalized spacial score (nSPS) is 12.1. The van der Waals surface area contributed by atoms with Crippen LogP contribution in [0.4, 0.5) is 0 Å². The summed E-state index contributed by atoms with van der Waals surface area (Å²) < 4.78 is 40.9. The molecule has 6 nitrogen and oxygen atoms in total. The lowest BCUT2D eigenvalue weighted by Crippen LogP contribution is -2.15. The number of rotatable bonds is 10. The maximum atomic E-state index is 14.4. The van der Waals surface area contributed by atoms with Crippen molar-refractivity contribution in [2.24, 2.45) is 0 Å². The average molecular weight is 785 g/mol. The maximum absolute atomic E-state index is 14.4. The molecule has 0 amide bonds. The van der Waals surface area contributed by atoms with Gasteiger partial charge in [0.1, 0.15) is 21.3 Å². The smallest absolute Gasteiger partial charge is 0.213 e. The minimum Gasteiger partial charge on any atom is -0.484 e. The number of sulfone groups is 1. The number of hydrogen-bond acceptors (Lipinski definition) is 6. The molecule has 0 aromatic heterocycles. The van der Waals surface area contributed by atoms with Crippen LogP contribution in [0, 0.1) is 0 Å². The Morgan fingerprint density at radius 3 is 1.36 bits per heavy atom. The van der Waals surface area contributed by atoms with Crippen molar-refractivity contribution in [3.05, 3.63) is 181 Å². The van der Waals surface area contributed by atoms with E-state index in [2.05, 4.69) is 66.7 Å². The Kier molecular flexibility index (Phi) is 7.90. The van der Waals surface area contributed by atoms with Gasteiger partial charge in [0.25, 0.3) is 0 Å². The van der Waals surface area contributed by atoms with Crippen LogP contribution >= 0.6 is 0 Å². The summed E-state index contributed by atoms with van der Waals surface area (Å²) >= 11 is 0. The third-order valence-electron chi connectivity index (χ3n) is 11.7. The topological polar surface area (TPSA) is 86.7 Å². The lowest BCUT2D eigenvalue weighted by atomic mass is 9.88. The zero-order chi connectivity index (χ0) is 39.8. The molecule has 7 heteroatoms. The first-order valence-corrected chi connectivity index (χ1v) is 20.8. The second kappa shape index (κ2) is 13.4. The van der Waals surface area contributed by atoms with Crippen molar-refractivity contribution >= 4 is 96.8 Å². The summed E-state index contributed by atoms with van der Waals surface area (Å²) in [6, 6.07) is 52.9. The molecule has 0 N–H and O–H groups in total. The van der Waals surface area contributed by atoms with Gasteiger partial charge in [-0.3, -0.25) is 9.59 Å². The first-order valence-electron chi connectivity index (χ1n) is 19.4. The van der Waals surface area contributed by atoms with Crippen LogP contribution in [0.25, 0.3) is 75.4 Å². The number of carbonyl (C=O) groups excluding carboxylic acids is 2. The summed E-state index contributed by atoms with van der Waals surface area (Å²) in [5.41, 5.74) is 0.989. The lowest BCUT2D eigenvalue weighted by molar-refractivity contribution is 0.0915. The summed E-state index contributed by atoms with van der Waals surface area (Å²) in [4.78, 5) is 27.6. The molecular weight excluding hydrogens is 753 g/mol. The van der Waals surface area contributed by atoms with E-state index in [1.165, 1.54) is 29.7 Å². The molecular formula is C52H32O6S. The van der Waals surface area contributed by atoms with E-state index < -0.39 is 9.84 Å². The summed E-state index contributed by atoms with van der Waals surface area (Å²) in [6.07, 6.45) is 0. The van der Waals surface area contributed by atoms with Crippen molar-refractivity contribution < 1.29 is 27.5 Å². The minimum atomic E-state index is -4.26. The molecule has 0 aliphatic carbocycles. The van der Waals surface area contributed by atoms with Gasteiger partial charge in [0.05, 0.1) is 0 Å². The van der Waals surface area contributed by atoms with E-state index in [1.807, 2.05) is 48.5 Å². The number of ether oxygens (including phenoxy) is 2. The highest BCUT2D eigenvalue weighted by molar-refractivity contribution is 7.91. The molecule has 0 spiro atoms. The Morgan fingerprint density at radius 2 is 0.746 bits per heavy atom. The Bertz CT molecular complexity index is 3560. The molecule has 0 radical (unpaired) electrons. The number of para-hydroxylation sites is 2. The average Bonchev–Trinajstić information content (AvgIpc) is 3.28. The van der Waals surface area contributed by atoms with E-state index in [0.29, 0.717) is 11.1 Å². The first kappa shape index (κ1) is 34.9. The number of hydrogen-bond donors (Lipinski definition) is 0. The predicted molar refractivity (Wildman–Crippen MR) is 236 cm³/mol. The molecule has 0 saturated heterocycles. The largest absolute Gasteiger partial charge is 0.484 e. The molecule has 11 aromatic carbocycles. The van der Waals surface area contributed by atoms with Gasteiger partial charge in [-0.1, -0.05) is 146 Å². The third-order valence-corrected chi connectivity index (χ3v) is 13.5. The van der Waals surface area contributed by atoms with Crippen molar-refractivity contribution in [3.8, 4) is 11.5 Å². The maximum Gasteiger partial charge on any atom is 0.213 e. The quantitative estimate of drug-likeness (QED) is 0.0780. The van der Waals surface area contributed by atoms with Crippen molar-refractivity contribution in [2.75, 3.05) is 13.2 Å². The summed E-state index contributed by atoms with van der Waals surface area (Å²) in [5, 5.41) is 14.7. The molecule has 0 heterocycles. The van der Waals surface area contributed by atoms with Gasteiger partial charge in [0.2, 0.25) is 21.4 Å². The highest BCUT2D eigenvalue weighted by Gasteiger charge is 2.27. The highest BCUT2D eigenvalue weighted by Crippen LogP contribution is 2.42. The Balaban J connectivity index is 0.878. The van der Waals surface area contributed by atoms with Crippen LogP contribution < -0.4 is 9.47 Å². The van der Waals surface area contributed by atoms with Crippen molar-refractivity contribution in [2.45, 2.75) is 9.79 Å². The van der Waals surface area contributed by atoms with E-state index in [-0.39, 0.29) is 46.1 Å². The lowest BCUT2D eigenvalue weighted by Gasteiger charge is -2.17. The monoisotopic (exact) mass is 784 g/mol. The van der Waals surface area contributed by atoms with Crippen LogP contribution in [-0.2, 0) is 9.84 Å². The Labute approximate surface area is 338 Å². The number of fused-ring (bicyclic) bond motifs is 2. The number of benzene rings is 11. The molecule has 0 fully saturated rings. The van der Waals surface area contributed by atoms with E-state index in [4.69, 9.17) is 9.47 Å². The van der Waals surface area contributed by atoms with Crippen molar-refractivity contribution in [1.29, 1.82) is 0 Å². The summed E-state index contributed by atoms with van der Waals surface area (Å²) in [5.74, 6) is -0.501. The summed E-state index contributed by atoms with van der Waals surface area (Å²) in [7, 11) is -4.26. The van der Waals surface area contributed by atoms with Crippen molar-refractivity contribution in [1.82, 2.24) is 0 Å². The SMILES string of the molecule is O=C(COc1ccccc1S(=O)(=O)c1ccccc1OCC(=O)c1ccc2ccc3cccc4ccc1c2c34)c1ccc2c3cccc4cccc(c5cccc1c52)c43. The van der Waals surface area contributed by atoms with E-state index in [9.17, 15) is 18.0 Å². The van der Waals surface area contributed by atoms with Crippen LogP contribution in [0.3, 0.4) is 0 Å².